The maximum Gasteiger partial charge on any atom is 0.269 e. The molecule has 6 nitrogen and oxygen atoms in total. The summed E-state index contributed by atoms with van der Waals surface area (Å²) in [6.07, 6.45) is 0.875. The monoisotopic (exact) mass is 326 g/mol. The Bertz CT molecular complexity index is 803. The molecule has 2 aromatic rings. The zero-order chi connectivity index (χ0) is 17.3. The fraction of sp³-hybridized carbons (Fsp3) is 0.278. The van der Waals surface area contributed by atoms with Crippen LogP contribution in [-0.4, -0.2) is 17.9 Å². The molecule has 24 heavy (non-hydrogen) atoms. The Labute approximate surface area is 139 Å². The van der Waals surface area contributed by atoms with E-state index in [2.05, 4.69) is 0 Å². The normalized spacial score (nSPS) is 14.9. The molecule has 124 valence electrons. The van der Waals surface area contributed by atoms with E-state index in [1.807, 2.05) is 31.2 Å². The molecule has 1 aliphatic rings. The molecule has 1 atom stereocenters. The van der Waals surface area contributed by atoms with E-state index in [1.165, 1.54) is 6.07 Å². The molecule has 0 saturated heterocycles. The summed E-state index contributed by atoms with van der Waals surface area (Å²) >= 11 is 0. The van der Waals surface area contributed by atoms with Crippen LogP contribution in [-0.2, 0) is 11.2 Å². The van der Waals surface area contributed by atoms with Gasteiger partial charge in [0.2, 0.25) is 5.91 Å². The van der Waals surface area contributed by atoms with E-state index in [4.69, 9.17) is 4.74 Å². The number of carbonyl (C=O) groups is 1. The lowest BCUT2D eigenvalue weighted by atomic mass is 9.96. The van der Waals surface area contributed by atoms with Gasteiger partial charge in [-0.15, -0.1) is 0 Å². The van der Waals surface area contributed by atoms with E-state index in [0.717, 1.165) is 22.6 Å². The summed E-state index contributed by atoms with van der Waals surface area (Å²) < 4.78 is 5.25. The van der Waals surface area contributed by atoms with Gasteiger partial charge in [-0.05, 0) is 42.7 Å². The third-order valence-corrected chi connectivity index (χ3v) is 4.37. The van der Waals surface area contributed by atoms with Crippen molar-refractivity contribution < 1.29 is 14.5 Å². The van der Waals surface area contributed by atoms with Gasteiger partial charge < -0.3 is 9.64 Å². The van der Waals surface area contributed by atoms with Crippen LogP contribution in [0.1, 0.15) is 30.5 Å². The largest absolute Gasteiger partial charge is 0.497 e. The molecular weight excluding hydrogens is 308 g/mol. The van der Waals surface area contributed by atoms with Gasteiger partial charge in [0.1, 0.15) is 5.75 Å². The van der Waals surface area contributed by atoms with Crippen LogP contribution in [0.4, 0.5) is 11.4 Å². The smallest absolute Gasteiger partial charge is 0.269 e. The average molecular weight is 326 g/mol. The summed E-state index contributed by atoms with van der Waals surface area (Å²) in [5, 5.41) is 11.0. The standard InChI is InChI=1S/C18H18N2O4/c1-12(13-4-3-5-16(11-13)24-2)19-17-8-7-15(20(22)23)10-14(17)6-9-18(19)21/h3-5,7-8,10-12H,6,9H2,1-2H3. The number of nitrogens with zero attached hydrogens (tertiary/aromatic N) is 2. The van der Waals surface area contributed by atoms with Crippen molar-refractivity contribution in [1.29, 1.82) is 0 Å². The van der Waals surface area contributed by atoms with Gasteiger partial charge in [-0.3, -0.25) is 14.9 Å². The molecule has 0 saturated carbocycles. The molecular formula is C18H18N2O4. The number of aryl methyl sites for hydroxylation is 1. The molecule has 0 aliphatic carbocycles. The number of nitro benzene ring substituents is 1. The van der Waals surface area contributed by atoms with Crippen LogP contribution in [0.3, 0.4) is 0 Å². The molecule has 1 aliphatic heterocycles. The minimum atomic E-state index is -0.410. The van der Waals surface area contributed by atoms with Crippen LogP contribution in [0.5, 0.6) is 5.75 Å². The molecule has 0 aromatic heterocycles. The van der Waals surface area contributed by atoms with Crippen LogP contribution in [0.25, 0.3) is 0 Å². The van der Waals surface area contributed by atoms with Gasteiger partial charge >= 0.3 is 0 Å². The lowest BCUT2D eigenvalue weighted by molar-refractivity contribution is -0.384. The number of anilines is 1. The molecule has 0 radical (unpaired) electrons. The Hall–Kier alpha value is -2.89. The zero-order valence-corrected chi connectivity index (χ0v) is 13.6. The highest BCUT2D eigenvalue weighted by Gasteiger charge is 2.30. The Morgan fingerprint density at radius 3 is 2.71 bits per heavy atom. The van der Waals surface area contributed by atoms with Crippen LogP contribution < -0.4 is 9.64 Å². The fourth-order valence-corrected chi connectivity index (χ4v) is 3.09. The van der Waals surface area contributed by atoms with E-state index in [1.54, 1.807) is 24.1 Å². The van der Waals surface area contributed by atoms with Crippen molar-refractivity contribution in [3.63, 3.8) is 0 Å². The molecule has 1 amide bonds. The topological polar surface area (TPSA) is 72.7 Å². The minimum Gasteiger partial charge on any atom is -0.497 e. The van der Waals surface area contributed by atoms with Crippen LogP contribution in [0, 0.1) is 10.1 Å². The summed E-state index contributed by atoms with van der Waals surface area (Å²) in [4.78, 5) is 24.8. The van der Waals surface area contributed by atoms with Gasteiger partial charge in [-0.2, -0.15) is 0 Å². The van der Waals surface area contributed by atoms with Gasteiger partial charge in [0.05, 0.1) is 18.1 Å². The van der Waals surface area contributed by atoms with E-state index in [0.29, 0.717) is 12.8 Å². The SMILES string of the molecule is COc1cccc(C(C)N2C(=O)CCc3cc([N+](=O)[O-])ccc32)c1. The second kappa shape index (κ2) is 6.31. The Balaban J connectivity index is 2.01. The van der Waals surface area contributed by atoms with Gasteiger partial charge in [-0.25, -0.2) is 0 Å². The van der Waals surface area contributed by atoms with Crippen molar-refractivity contribution in [3.05, 3.63) is 63.7 Å². The van der Waals surface area contributed by atoms with Crippen molar-refractivity contribution in [2.24, 2.45) is 0 Å². The molecule has 3 rings (SSSR count). The number of ether oxygens (including phenoxy) is 1. The first-order chi connectivity index (χ1) is 11.5. The predicted octanol–water partition coefficient (Wildman–Crippen LogP) is 3.64. The first kappa shape index (κ1) is 16.0. The highest BCUT2D eigenvalue weighted by atomic mass is 16.6. The van der Waals surface area contributed by atoms with Crippen molar-refractivity contribution >= 4 is 17.3 Å². The van der Waals surface area contributed by atoms with Gasteiger partial charge in [0.25, 0.3) is 5.69 Å². The summed E-state index contributed by atoms with van der Waals surface area (Å²) in [7, 11) is 1.60. The average Bonchev–Trinajstić information content (AvgIpc) is 2.60. The number of rotatable bonds is 4. The van der Waals surface area contributed by atoms with Crippen molar-refractivity contribution in [2.75, 3.05) is 12.0 Å². The van der Waals surface area contributed by atoms with Gasteiger partial charge in [-0.1, -0.05) is 12.1 Å². The van der Waals surface area contributed by atoms with Gasteiger partial charge in [0.15, 0.2) is 0 Å². The molecule has 2 aromatic carbocycles. The van der Waals surface area contributed by atoms with E-state index >= 15 is 0 Å². The number of amides is 1. The van der Waals surface area contributed by atoms with Gasteiger partial charge in [0, 0.05) is 24.2 Å². The molecule has 0 bridgehead atoms. The van der Waals surface area contributed by atoms with E-state index in [9.17, 15) is 14.9 Å². The van der Waals surface area contributed by atoms with E-state index < -0.39 is 4.92 Å². The number of carbonyl (C=O) groups excluding carboxylic acids is 1. The number of non-ortho nitro benzene ring substituents is 1. The Morgan fingerprint density at radius 1 is 1.21 bits per heavy atom. The second-order valence-corrected chi connectivity index (χ2v) is 5.79. The molecule has 0 spiro atoms. The van der Waals surface area contributed by atoms with Crippen molar-refractivity contribution in [1.82, 2.24) is 0 Å². The highest BCUT2D eigenvalue weighted by molar-refractivity contribution is 5.97. The summed E-state index contributed by atoms with van der Waals surface area (Å²) in [6.45, 7) is 1.95. The minimum absolute atomic E-state index is 0.0201. The Kier molecular flexibility index (Phi) is 4.20. The lowest BCUT2D eigenvalue weighted by Crippen LogP contribution is -2.37. The third-order valence-electron chi connectivity index (χ3n) is 4.37. The number of fused-ring (bicyclic) bond motifs is 1. The molecule has 0 N–H and O–H groups in total. The lowest BCUT2D eigenvalue weighted by Gasteiger charge is -2.34. The number of benzene rings is 2. The van der Waals surface area contributed by atoms with Crippen LogP contribution >= 0.6 is 0 Å². The first-order valence-corrected chi connectivity index (χ1v) is 7.74. The maximum atomic E-state index is 12.5. The third kappa shape index (κ3) is 2.82. The fourth-order valence-electron chi connectivity index (χ4n) is 3.09. The van der Waals surface area contributed by atoms with Crippen LogP contribution in [0.15, 0.2) is 42.5 Å². The highest BCUT2D eigenvalue weighted by Crippen LogP contribution is 2.37. The Morgan fingerprint density at radius 2 is 2.00 bits per heavy atom. The molecule has 0 fully saturated rings. The summed E-state index contributed by atoms with van der Waals surface area (Å²) in [6, 6.07) is 12.1. The summed E-state index contributed by atoms with van der Waals surface area (Å²) in [5.41, 5.74) is 2.58. The molecule has 1 unspecified atom stereocenters. The second-order valence-electron chi connectivity index (χ2n) is 5.79. The maximum absolute atomic E-state index is 12.5. The van der Waals surface area contributed by atoms with Crippen molar-refractivity contribution in [3.8, 4) is 5.75 Å². The number of nitro groups is 1. The number of hydrogen-bond acceptors (Lipinski definition) is 4. The first-order valence-electron chi connectivity index (χ1n) is 7.74. The van der Waals surface area contributed by atoms with E-state index in [-0.39, 0.29) is 17.6 Å². The molecule has 6 heteroatoms. The predicted molar refractivity (Wildman–Crippen MR) is 90.3 cm³/mol. The summed E-state index contributed by atoms with van der Waals surface area (Å²) in [5.74, 6) is 0.749. The zero-order valence-electron chi connectivity index (χ0n) is 13.6. The number of methoxy groups -OCH3 is 1. The quantitative estimate of drug-likeness (QED) is 0.635. The number of hydrogen-bond donors (Lipinski definition) is 0. The van der Waals surface area contributed by atoms with Crippen LogP contribution in [0.2, 0.25) is 0 Å². The molecule has 1 heterocycles. The van der Waals surface area contributed by atoms with Crippen molar-refractivity contribution in [2.45, 2.75) is 25.8 Å².